The molecule has 0 unspecified atom stereocenters. The smallest absolute Gasteiger partial charge is 0.417 e. The van der Waals surface area contributed by atoms with Crippen LogP contribution >= 0.6 is 0 Å². The lowest BCUT2D eigenvalue weighted by atomic mass is 9.94. The number of benzene rings is 1. The zero-order chi connectivity index (χ0) is 21.4. The van der Waals surface area contributed by atoms with E-state index in [0.29, 0.717) is 24.9 Å². The quantitative estimate of drug-likeness (QED) is 0.437. The molecule has 0 radical (unpaired) electrons. The monoisotopic (exact) mass is 421 g/mol. The Kier molecular flexibility index (Phi) is 7.54. The minimum Gasteiger partial charge on any atom is -0.494 e. The maximum absolute atomic E-state index is 12.7. The molecule has 1 aliphatic rings. The Morgan fingerprint density at radius 3 is 2.47 bits per heavy atom. The maximum atomic E-state index is 12.7. The van der Waals surface area contributed by atoms with E-state index in [0.717, 1.165) is 55.9 Å². The van der Waals surface area contributed by atoms with E-state index >= 15 is 0 Å². The van der Waals surface area contributed by atoms with Gasteiger partial charge in [0.05, 0.1) is 18.4 Å². The molecule has 1 fully saturated rings. The molecule has 0 N–H and O–H groups in total. The van der Waals surface area contributed by atoms with Crippen molar-refractivity contribution in [3.63, 3.8) is 0 Å². The van der Waals surface area contributed by atoms with Gasteiger partial charge in [-0.05, 0) is 74.1 Å². The van der Waals surface area contributed by atoms with Crippen LogP contribution in [0.25, 0.3) is 0 Å². The topological polar surface area (TPSA) is 47.0 Å². The van der Waals surface area contributed by atoms with Gasteiger partial charge in [0.15, 0.2) is 0 Å². The average molecular weight is 421 g/mol. The largest absolute Gasteiger partial charge is 0.494 e. The number of rotatable bonds is 8. The highest BCUT2D eigenvalue weighted by atomic mass is 19.4. The molecule has 8 heteroatoms. The first kappa shape index (κ1) is 21.9. The summed E-state index contributed by atoms with van der Waals surface area (Å²) < 4.78 is 43.8. The molecular formula is C22H26F3N3O2. The third-order valence-electron chi connectivity index (χ3n) is 5.09. The fourth-order valence-corrected chi connectivity index (χ4v) is 3.36. The molecule has 0 aliphatic carbocycles. The van der Waals surface area contributed by atoms with E-state index in [9.17, 15) is 13.2 Å². The number of hydrogen-bond acceptors (Lipinski definition) is 5. The van der Waals surface area contributed by atoms with Crippen LogP contribution in [0.4, 0.5) is 19.0 Å². The van der Waals surface area contributed by atoms with Crippen LogP contribution in [0.1, 0.15) is 37.3 Å². The first-order valence-corrected chi connectivity index (χ1v) is 10.1. The van der Waals surface area contributed by atoms with Gasteiger partial charge in [0.2, 0.25) is 0 Å². The van der Waals surface area contributed by atoms with Crippen molar-refractivity contribution in [2.75, 3.05) is 31.2 Å². The highest BCUT2D eigenvalue weighted by molar-refractivity contribution is 5.79. The van der Waals surface area contributed by atoms with Crippen molar-refractivity contribution in [1.29, 1.82) is 0 Å². The number of halogens is 3. The van der Waals surface area contributed by atoms with E-state index in [-0.39, 0.29) is 0 Å². The van der Waals surface area contributed by atoms with E-state index in [1.54, 1.807) is 6.21 Å². The van der Waals surface area contributed by atoms with Crippen LogP contribution in [0.15, 0.2) is 47.8 Å². The summed E-state index contributed by atoms with van der Waals surface area (Å²) in [6.07, 6.45) is 1.10. The fourth-order valence-electron chi connectivity index (χ4n) is 3.36. The van der Waals surface area contributed by atoms with Gasteiger partial charge in [0, 0.05) is 19.3 Å². The van der Waals surface area contributed by atoms with Crippen molar-refractivity contribution in [3.05, 3.63) is 53.7 Å². The minimum atomic E-state index is -4.35. The van der Waals surface area contributed by atoms with Crippen molar-refractivity contribution in [3.8, 4) is 5.75 Å². The minimum absolute atomic E-state index is 0.535. The number of anilines is 1. The number of nitrogens with zero attached hydrogens (tertiary/aromatic N) is 3. The highest BCUT2D eigenvalue weighted by Crippen LogP contribution is 2.30. The van der Waals surface area contributed by atoms with Crippen LogP contribution in [-0.2, 0) is 11.0 Å². The van der Waals surface area contributed by atoms with Crippen LogP contribution in [0.5, 0.6) is 5.75 Å². The zero-order valence-corrected chi connectivity index (χ0v) is 16.9. The van der Waals surface area contributed by atoms with Gasteiger partial charge in [0.25, 0.3) is 0 Å². The predicted molar refractivity (Wildman–Crippen MR) is 110 cm³/mol. The Bertz CT molecular complexity index is 800. The van der Waals surface area contributed by atoms with Crippen molar-refractivity contribution in [2.45, 2.75) is 32.4 Å². The van der Waals surface area contributed by atoms with Gasteiger partial charge in [-0.15, -0.1) is 0 Å². The third-order valence-corrected chi connectivity index (χ3v) is 5.09. The van der Waals surface area contributed by atoms with E-state index in [1.807, 2.05) is 36.1 Å². The maximum Gasteiger partial charge on any atom is 0.417 e. The van der Waals surface area contributed by atoms with Gasteiger partial charge in [-0.2, -0.15) is 13.2 Å². The SMILES string of the molecule is CCON=Cc1ccc(OCCC2CCN(c3ccc(C(F)(F)F)cn3)CC2)cc1. The molecule has 1 aliphatic heterocycles. The second kappa shape index (κ2) is 10.3. The van der Waals surface area contributed by atoms with Crippen LogP contribution in [0, 0.1) is 5.92 Å². The standard InChI is InChI=1S/C22H26F3N3O2/c1-2-30-27-15-18-3-6-20(7-4-18)29-14-11-17-9-12-28(13-10-17)21-8-5-19(16-26-21)22(23,24)25/h3-8,15-17H,2,9-14H2,1H3. The summed E-state index contributed by atoms with van der Waals surface area (Å²) in [6.45, 7) is 4.63. The number of hydrogen-bond donors (Lipinski definition) is 0. The van der Waals surface area contributed by atoms with Gasteiger partial charge >= 0.3 is 6.18 Å². The number of pyridine rings is 1. The summed E-state index contributed by atoms with van der Waals surface area (Å²) in [4.78, 5) is 11.0. The van der Waals surface area contributed by atoms with Gasteiger partial charge in [-0.3, -0.25) is 0 Å². The summed E-state index contributed by atoms with van der Waals surface area (Å²) in [6, 6.07) is 10.2. The fraction of sp³-hybridized carbons (Fsp3) is 0.455. The van der Waals surface area contributed by atoms with Crippen molar-refractivity contribution in [1.82, 2.24) is 4.98 Å². The Balaban J connectivity index is 1.39. The molecule has 0 bridgehead atoms. The number of ether oxygens (including phenoxy) is 1. The summed E-state index contributed by atoms with van der Waals surface area (Å²) >= 11 is 0. The van der Waals surface area contributed by atoms with Gasteiger partial charge in [0.1, 0.15) is 18.2 Å². The third kappa shape index (κ3) is 6.37. The average Bonchev–Trinajstić information content (AvgIpc) is 2.75. The van der Waals surface area contributed by atoms with Crippen molar-refractivity contribution >= 4 is 12.0 Å². The molecule has 0 saturated carbocycles. The predicted octanol–water partition coefficient (Wildman–Crippen LogP) is 5.16. The molecule has 0 atom stereocenters. The van der Waals surface area contributed by atoms with Crippen LogP contribution in [0.3, 0.4) is 0 Å². The lowest BCUT2D eigenvalue weighted by molar-refractivity contribution is -0.137. The first-order valence-electron chi connectivity index (χ1n) is 10.1. The zero-order valence-electron chi connectivity index (χ0n) is 16.9. The van der Waals surface area contributed by atoms with Crippen LogP contribution in [-0.4, -0.2) is 37.5 Å². The van der Waals surface area contributed by atoms with E-state index < -0.39 is 11.7 Å². The molecule has 1 aromatic heterocycles. The number of piperidine rings is 1. The summed E-state index contributed by atoms with van der Waals surface area (Å²) in [5.74, 6) is 1.95. The highest BCUT2D eigenvalue weighted by Gasteiger charge is 2.31. The molecule has 5 nitrogen and oxygen atoms in total. The van der Waals surface area contributed by atoms with E-state index in [4.69, 9.17) is 9.57 Å². The van der Waals surface area contributed by atoms with Gasteiger partial charge < -0.3 is 14.5 Å². The molecule has 3 rings (SSSR count). The Morgan fingerprint density at radius 1 is 1.13 bits per heavy atom. The van der Waals surface area contributed by atoms with Gasteiger partial charge in [-0.25, -0.2) is 4.98 Å². The Morgan fingerprint density at radius 2 is 1.87 bits per heavy atom. The summed E-state index contributed by atoms with van der Waals surface area (Å²) in [7, 11) is 0. The van der Waals surface area contributed by atoms with Crippen LogP contribution in [0.2, 0.25) is 0 Å². The van der Waals surface area contributed by atoms with Gasteiger partial charge in [-0.1, -0.05) is 5.16 Å². The van der Waals surface area contributed by atoms with E-state index in [1.165, 1.54) is 6.07 Å². The van der Waals surface area contributed by atoms with Crippen LogP contribution < -0.4 is 9.64 Å². The lowest BCUT2D eigenvalue weighted by Gasteiger charge is -2.32. The van der Waals surface area contributed by atoms with Crippen molar-refractivity contribution < 1.29 is 22.7 Å². The lowest BCUT2D eigenvalue weighted by Crippen LogP contribution is -2.34. The molecule has 2 heterocycles. The number of aromatic nitrogens is 1. The molecular weight excluding hydrogens is 395 g/mol. The number of oxime groups is 1. The van der Waals surface area contributed by atoms with E-state index in [2.05, 4.69) is 10.1 Å². The second-order valence-electron chi connectivity index (χ2n) is 7.19. The molecule has 2 aromatic rings. The molecule has 0 amide bonds. The Labute approximate surface area is 174 Å². The normalized spacial score (nSPS) is 15.5. The molecule has 1 saturated heterocycles. The summed E-state index contributed by atoms with van der Waals surface area (Å²) in [5, 5.41) is 3.83. The molecule has 0 spiro atoms. The molecule has 162 valence electrons. The number of alkyl halides is 3. The first-order chi connectivity index (χ1) is 14.5. The molecule has 30 heavy (non-hydrogen) atoms. The molecule has 1 aromatic carbocycles. The Hall–Kier alpha value is -2.77. The van der Waals surface area contributed by atoms with Crippen molar-refractivity contribution in [2.24, 2.45) is 11.1 Å². The second-order valence-corrected chi connectivity index (χ2v) is 7.19. The summed E-state index contributed by atoms with van der Waals surface area (Å²) in [5.41, 5.74) is 0.230.